The van der Waals surface area contributed by atoms with Gasteiger partial charge in [-0.15, -0.1) is 0 Å². The van der Waals surface area contributed by atoms with Crippen LogP contribution >= 0.6 is 11.8 Å². The predicted octanol–water partition coefficient (Wildman–Crippen LogP) is 3.26. The van der Waals surface area contributed by atoms with E-state index in [2.05, 4.69) is 9.97 Å². The summed E-state index contributed by atoms with van der Waals surface area (Å²) >= 11 is 1.47. The number of nitrogens with two attached hydrogens (primary N) is 1. The summed E-state index contributed by atoms with van der Waals surface area (Å²) in [6.45, 7) is 1.91. The molecule has 0 saturated carbocycles. The Kier molecular flexibility index (Phi) is 2.68. The highest BCUT2D eigenvalue weighted by atomic mass is 32.2. The molecule has 90 valence electrons. The summed E-state index contributed by atoms with van der Waals surface area (Å²) in [5.41, 5.74) is 7.58. The molecule has 0 amide bonds. The van der Waals surface area contributed by atoms with Gasteiger partial charge in [-0.3, -0.25) is 0 Å². The van der Waals surface area contributed by atoms with Crippen LogP contribution < -0.4 is 5.73 Å². The van der Waals surface area contributed by atoms with Gasteiger partial charge in [-0.05, 0) is 25.1 Å². The maximum Gasteiger partial charge on any atom is 0.157 e. The molecule has 0 fully saturated rings. The minimum Gasteiger partial charge on any atom is -0.468 e. The van der Waals surface area contributed by atoms with E-state index in [1.54, 1.807) is 6.26 Å². The van der Waals surface area contributed by atoms with Crippen LogP contribution in [0.25, 0.3) is 11.0 Å². The summed E-state index contributed by atoms with van der Waals surface area (Å²) in [7, 11) is 0. The third-order valence-electron chi connectivity index (χ3n) is 2.58. The van der Waals surface area contributed by atoms with E-state index in [-0.39, 0.29) is 0 Å². The molecular weight excluding hydrogens is 246 g/mol. The van der Waals surface area contributed by atoms with E-state index < -0.39 is 0 Å². The van der Waals surface area contributed by atoms with Crippen LogP contribution in [-0.4, -0.2) is 9.97 Å². The van der Waals surface area contributed by atoms with Crippen molar-refractivity contribution in [1.82, 2.24) is 9.97 Å². The van der Waals surface area contributed by atoms with E-state index in [0.717, 1.165) is 21.7 Å². The Balaban J connectivity index is 2.06. The van der Waals surface area contributed by atoms with Crippen molar-refractivity contribution in [2.75, 3.05) is 5.73 Å². The van der Waals surface area contributed by atoms with Crippen molar-refractivity contribution in [3.63, 3.8) is 0 Å². The van der Waals surface area contributed by atoms with Crippen molar-refractivity contribution in [2.45, 2.75) is 16.8 Å². The average molecular weight is 257 g/mol. The van der Waals surface area contributed by atoms with Gasteiger partial charge in [0.25, 0.3) is 0 Å². The van der Waals surface area contributed by atoms with Gasteiger partial charge in [0.1, 0.15) is 10.8 Å². The Bertz CT molecular complexity index is 708. The quantitative estimate of drug-likeness (QED) is 0.763. The number of rotatable bonds is 2. The summed E-state index contributed by atoms with van der Waals surface area (Å²) in [4.78, 5) is 9.88. The van der Waals surface area contributed by atoms with Crippen LogP contribution in [-0.2, 0) is 0 Å². The SMILES string of the molecule is Cc1occc1Sc1nc2ccccc2nc1N. The number of aryl methyl sites for hydroxylation is 1. The summed E-state index contributed by atoms with van der Waals surface area (Å²) in [6.07, 6.45) is 1.66. The zero-order chi connectivity index (χ0) is 12.5. The van der Waals surface area contributed by atoms with Gasteiger partial charge in [0.15, 0.2) is 5.82 Å². The number of anilines is 1. The summed E-state index contributed by atoms with van der Waals surface area (Å²) in [6, 6.07) is 9.58. The number of fused-ring (bicyclic) bond motifs is 1. The van der Waals surface area contributed by atoms with Crippen molar-refractivity contribution < 1.29 is 4.42 Å². The van der Waals surface area contributed by atoms with E-state index in [1.165, 1.54) is 11.8 Å². The van der Waals surface area contributed by atoms with Gasteiger partial charge in [-0.1, -0.05) is 23.9 Å². The second-order valence-corrected chi connectivity index (χ2v) is 4.88. The smallest absolute Gasteiger partial charge is 0.157 e. The number of hydrogen-bond donors (Lipinski definition) is 1. The molecule has 0 saturated heterocycles. The first-order chi connectivity index (χ1) is 8.74. The first kappa shape index (κ1) is 11.1. The molecule has 0 bridgehead atoms. The molecule has 0 atom stereocenters. The summed E-state index contributed by atoms with van der Waals surface area (Å²) in [5.74, 6) is 1.30. The molecule has 0 unspecified atom stereocenters. The summed E-state index contributed by atoms with van der Waals surface area (Å²) < 4.78 is 5.25. The second-order valence-electron chi connectivity index (χ2n) is 3.85. The highest BCUT2D eigenvalue weighted by Gasteiger charge is 2.10. The number of aromatic nitrogens is 2. The Morgan fingerprint density at radius 2 is 1.83 bits per heavy atom. The lowest BCUT2D eigenvalue weighted by molar-refractivity contribution is 0.527. The van der Waals surface area contributed by atoms with Crippen LogP contribution in [0.2, 0.25) is 0 Å². The number of benzene rings is 1. The zero-order valence-electron chi connectivity index (χ0n) is 9.75. The summed E-state index contributed by atoms with van der Waals surface area (Å²) in [5, 5.41) is 0.707. The molecule has 1 aromatic carbocycles. The lowest BCUT2D eigenvalue weighted by atomic mass is 10.3. The fourth-order valence-electron chi connectivity index (χ4n) is 1.66. The topological polar surface area (TPSA) is 64.9 Å². The minimum absolute atomic E-state index is 0.444. The largest absolute Gasteiger partial charge is 0.468 e. The average Bonchev–Trinajstić information content (AvgIpc) is 2.76. The molecule has 2 N–H and O–H groups in total. The van der Waals surface area contributed by atoms with E-state index in [1.807, 2.05) is 37.3 Å². The van der Waals surface area contributed by atoms with Crippen molar-refractivity contribution in [2.24, 2.45) is 0 Å². The van der Waals surface area contributed by atoms with E-state index in [4.69, 9.17) is 10.2 Å². The number of nitrogen functional groups attached to an aromatic ring is 1. The second kappa shape index (κ2) is 4.34. The van der Waals surface area contributed by atoms with Crippen LogP contribution in [0, 0.1) is 6.92 Å². The fraction of sp³-hybridized carbons (Fsp3) is 0.0769. The number of furan rings is 1. The Hall–Kier alpha value is -2.01. The molecular formula is C13H11N3OS. The van der Waals surface area contributed by atoms with Gasteiger partial charge in [0.2, 0.25) is 0 Å². The molecule has 0 aliphatic carbocycles. The van der Waals surface area contributed by atoms with Crippen molar-refractivity contribution in [3.05, 3.63) is 42.4 Å². The Morgan fingerprint density at radius 1 is 1.11 bits per heavy atom. The number of para-hydroxylation sites is 2. The monoisotopic (exact) mass is 257 g/mol. The van der Waals surface area contributed by atoms with Crippen LogP contribution in [0.1, 0.15) is 5.76 Å². The van der Waals surface area contributed by atoms with Crippen molar-refractivity contribution in [3.8, 4) is 0 Å². The first-order valence-electron chi connectivity index (χ1n) is 5.48. The maximum absolute atomic E-state index is 5.93. The molecule has 4 nitrogen and oxygen atoms in total. The third-order valence-corrected chi connectivity index (χ3v) is 3.72. The van der Waals surface area contributed by atoms with E-state index >= 15 is 0 Å². The highest BCUT2D eigenvalue weighted by Crippen LogP contribution is 2.33. The van der Waals surface area contributed by atoms with E-state index in [0.29, 0.717) is 10.8 Å². The normalized spacial score (nSPS) is 10.9. The van der Waals surface area contributed by atoms with Gasteiger partial charge in [0, 0.05) is 0 Å². The van der Waals surface area contributed by atoms with Gasteiger partial charge in [-0.2, -0.15) is 0 Å². The molecule has 18 heavy (non-hydrogen) atoms. The predicted molar refractivity (Wildman–Crippen MR) is 71.5 cm³/mol. The van der Waals surface area contributed by atoms with Gasteiger partial charge in [0.05, 0.1) is 22.2 Å². The Labute approximate surface area is 108 Å². The van der Waals surface area contributed by atoms with Crippen LogP contribution in [0.3, 0.4) is 0 Å². The van der Waals surface area contributed by atoms with Gasteiger partial charge >= 0.3 is 0 Å². The molecule has 2 heterocycles. The number of hydrogen-bond acceptors (Lipinski definition) is 5. The van der Waals surface area contributed by atoms with Crippen LogP contribution in [0.5, 0.6) is 0 Å². The first-order valence-corrected chi connectivity index (χ1v) is 6.30. The lowest BCUT2D eigenvalue weighted by Crippen LogP contribution is -1.97. The molecule has 5 heteroatoms. The van der Waals surface area contributed by atoms with Crippen molar-refractivity contribution >= 4 is 28.6 Å². The molecule has 0 aliphatic rings. The van der Waals surface area contributed by atoms with Gasteiger partial charge < -0.3 is 10.2 Å². The minimum atomic E-state index is 0.444. The third kappa shape index (κ3) is 1.93. The number of nitrogens with zero attached hydrogens (tertiary/aromatic N) is 2. The molecule has 2 aromatic heterocycles. The molecule has 3 rings (SSSR count). The lowest BCUT2D eigenvalue weighted by Gasteiger charge is -2.04. The molecule has 0 spiro atoms. The van der Waals surface area contributed by atoms with Crippen molar-refractivity contribution in [1.29, 1.82) is 0 Å². The standard InChI is InChI=1S/C13H11N3OS/c1-8-11(6-7-17-8)18-13-12(14)15-9-4-2-3-5-10(9)16-13/h2-7H,1H3,(H2,14,15). The fourth-order valence-corrected chi connectivity index (χ4v) is 2.47. The van der Waals surface area contributed by atoms with Gasteiger partial charge in [-0.25, -0.2) is 9.97 Å². The molecule has 3 aromatic rings. The zero-order valence-corrected chi connectivity index (χ0v) is 10.6. The Morgan fingerprint density at radius 3 is 2.50 bits per heavy atom. The highest BCUT2D eigenvalue weighted by molar-refractivity contribution is 7.99. The van der Waals surface area contributed by atoms with Crippen LogP contribution in [0.4, 0.5) is 5.82 Å². The van der Waals surface area contributed by atoms with E-state index in [9.17, 15) is 0 Å². The maximum atomic E-state index is 5.93. The van der Waals surface area contributed by atoms with Crippen LogP contribution in [0.15, 0.2) is 50.9 Å². The molecule has 0 radical (unpaired) electrons. The molecule has 0 aliphatic heterocycles.